The van der Waals surface area contributed by atoms with Crippen molar-refractivity contribution in [2.75, 3.05) is 0 Å². The highest BCUT2D eigenvalue weighted by atomic mass is 32.1. The third-order valence-corrected chi connectivity index (χ3v) is 3.61. The molecule has 0 amide bonds. The van der Waals surface area contributed by atoms with Crippen LogP contribution in [0.2, 0.25) is 0 Å². The zero-order valence-corrected chi connectivity index (χ0v) is 10.8. The van der Waals surface area contributed by atoms with Crippen molar-refractivity contribution in [2.24, 2.45) is 0 Å². The summed E-state index contributed by atoms with van der Waals surface area (Å²) in [5.41, 5.74) is 2.40. The molecule has 0 saturated heterocycles. The van der Waals surface area contributed by atoms with Crippen LogP contribution in [-0.4, -0.2) is 0 Å². The number of halogens is 1. The van der Waals surface area contributed by atoms with E-state index in [2.05, 4.69) is 36.0 Å². The summed E-state index contributed by atoms with van der Waals surface area (Å²) in [6.07, 6.45) is 0. The van der Waals surface area contributed by atoms with Crippen molar-refractivity contribution >= 4 is 11.3 Å². The Labute approximate surface area is 105 Å². The molecule has 1 aromatic carbocycles. The van der Waals surface area contributed by atoms with Crippen molar-refractivity contribution in [3.8, 4) is 0 Å². The zero-order chi connectivity index (χ0) is 12.3. The van der Waals surface area contributed by atoms with Gasteiger partial charge in [0.05, 0.1) is 0 Å². The van der Waals surface area contributed by atoms with E-state index in [0.29, 0.717) is 6.04 Å². The Hall–Kier alpha value is -1.19. The van der Waals surface area contributed by atoms with Crippen LogP contribution in [0.5, 0.6) is 0 Å². The van der Waals surface area contributed by atoms with Crippen LogP contribution in [0.3, 0.4) is 0 Å². The Morgan fingerprint density at radius 3 is 2.24 bits per heavy atom. The molecule has 0 aliphatic rings. The summed E-state index contributed by atoms with van der Waals surface area (Å²) in [6.45, 7) is 4.23. The molecule has 0 bridgehead atoms. The fraction of sp³-hybridized carbons (Fsp3) is 0.286. The van der Waals surface area contributed by atoms with Gasteiger partial charge in [-0.05, 0) is 53.9 Å². The summed E-state index contributed by atoms with van der Waals surface area (Å²) in [4.78, 5) is 0. The summed E-state index contributed by atoms with van der Waals surface area (Å²) >= 11 is 1.70. The lowest BCUT2D eigenvalue weighted by Gasteiger charge is -2.19. The van der Waals surface area contributed by atoms with E-state index in [1.807, 2.05) is 12.1 Å². The van der Waals surface area contributed by atoms with Gasteiger partial charge in [0.2, 0.25) is 0 Å². The number of hydrogen-bond acceptors (Lipinski definition) is 2. The van der Waals surface area contributed by atoms with Gasteiger partial charge in [0.1, 0.15) is 5.82 Å². The van der Waals surface area contributed by atoms with Crippen LogP contribution in [0.15, 0.2) is 41.1 Å². The van der Waals surface area contributed by atoms with Gasteiger partial charge in [0.25, 0.3) is 0 Å². The van der Waals surface area contributed by atoms with E-state index in [0.717, 1.165) is 5.56 Å². The van der Waals surface area contributed by atoms with Gasteiger partial charge in [-0.15, -0.1) is 0 Å². The molecule has 1 N–H and O–H groups in total. The highest BCUT2D eigenvalue weighted by Gasteiger charge is 2.11. The quantitative estimate of drug-likeness (QED) is 0.852. The minimum Gasteiger partial charge on any atom is -0.304 e. The molecule has 0 aliphatic carbocycles. The van der Waals surface area contributed by atoms with Crippen LogP contribution in [0.4, 0.5) is 4.39 Å². The van der Waals surface area contributed by atoms with Gasteiger partial charge >= 0.3 is 0 Å². The molecule has 0 saturated carbocycles. The third kappa shape index (κ3) is 3.14. The van der Waals surface area contributed by atoms with E-state index >= 15 is 0 Å². The number of thiophene rings is 1. The van der Waals surface area contributed by atoms with Gasteiger partial charge < -0.3 is 5.32 Å². The summed E-state index contributed by atoms with van der Waals surface area (Å²) < 4.78 is 12.8. The Morgan fingerprint density at radius 2 is 1.65 bits per heavy atom. The first-order valence-corrected chi connectivity index (χ1v) is 6.64. The van der Waals surface area contributed by atoms with E-state index in [4.69, 9.17) is 0 Å². The number of rotatable bonds is 4. The fourth-order valence-corrected chi connectivity index (χ4v) is 2.59. The minimum atomic E-state index is -0.188. The Bertz CT molecular complexity index is 450. The first-order chi connectivity index (χ1) is 8.16. The molecule has 0 aliphatic heterocycles. The smallest absolute Gasteiger partial charge is 0.123 e. The summed E-state index contributed by atoms with van der Waals surface area (Å²) in [5, 5.41) is 7.73. The molecule has 17 heavy (non-hydrogen) atoms. The lowest BCUT2D eigenvalue weighted by molar-refractivity contribution is 0.495. The van der Waals surface area contributed by atoms with E-state index in [-0.39, 0.29) is 11.9 Å². The summed E-state index contributed by atoms with van der Waals surface area (Å²) in [5.74, 6) is -0.188. The van der Waals surface area contributed by atoms with Crippen molar-refractivity contribution in [2.45, 2.75) is 25.9 Å². The Kier molecular flexibility index (Phi) is 3.92. The highest BCUT2D eigenvalue weighted by molar-refractivity contribution is 7.07. The molecule has 0 spiro atoms. The molecular formula is C14H16FNS. The van der Waals surface area contributed by atoms with Gasteiger partial charge in [0, 0.05) is 12.1 Å². The minimum absolute atomic E-state index is 0.188. The number of nitrogens with one attached hydrogen (secondary N) is 1. The first kappa shape index (κ1) is 12.3. The predicted octanol–water partition coefficient (Wildman–Crippen LogP) is 4.30. The van der Waals surface area contributed by atoms with E-state index in [9.17, 15) is 4.39 Å². The number of benzene rings is 1. The topological polar surface area (TPSA) is 12.0 Å². The molecule has 0 radical (unpaired) electrons. The molecule has 2 rings (SSSR count). The molecule has 2 aromatic rings. The van der Waals surface area contributed by atoms with Crippen molar-refractivity contribution in [3.05, 3.63) is 58.0 Å². The predicted molar refractivity (Wildman–Crippen MR) is 70.7 cm³/mol. The molecule has 1 aromatic heterocycles. The molecule has 1 nitrogen and oxygen atoms in total. The average molecular weight is 249 g/mol. The fourth-order valence-electron chi connectivity index (χ4n) is 1.84. The Morgan fingerprint density at radius 1 is 1.00 bits per heavy atom. The molecule has 1 heterocycles. The lowest BCUT2D eigenvalue weighted by Crippen LogP contribution is -2.22. The van der Waals surface area contributed by atoms with Gasteiger partial charge in [-0.3, -0.25) is 0 Å². The maximum absolute atomic E-state index is 12.8. The first-order valence-electron chi connectivity index (χ1n) is 5.70. The van der Waals surface area contributed by atoms with Crippen LogP contribution in [0.25, 0.3) is 0 Å². The van der Waals surface area contributed by atoms with Crippen molar-refractivity contribution < 1.29 is 4.39 Å². The van der Waals surface area contributed by atoms with Gasteiger partial charge in [0.15, 0.2) is 0 Å². The van der Waals surface area contributed by atoms with Crippen LogP contribution in [0, 0.1) is 5.82 Å². The highest BCUT2D eigenvalue weighted by Crippen LogP contribution is 2.21. The van der Waals surface area contributed by atoms with Crippen molar-refractivity contribution in [1.29, 1.82) is 0 Å². The molecule has 90 valence electrons. The standard InChI is InChI=1S/C14H16FNS/c1-10(12-3-5-14(15)6-4-12)16-11(2)13-7-8-17-9-13/h3-11,16H,1-2H3/t10-,11?/m1/s1. The normalized spacial score (nSPS) is 14.5. The van der Waals surface area contributed by atoms with E-state index in [1.54, 1.807) is 11.3 Å². The molecule has 3 heteroatoms. The molecule has 0 fully saturated rings. The van der Waals surface area contributed by atoms with Crippen molar-refractivity contribution in [1.82, 2.24) is 5.32 Å². The third-order valence-electron chi connectivity index (χ3n) is 2.91. The lowest BCUT2D eigenvalue weighted by atomic mass is 10.1. The molecule has 2 atom stereocenters. The summed E-state index contributed by atoms with van der Waals surface area (Å²) in [7, 11) is 0. The van der Waals surface area contributed by atoms with Gasteiger partial charge in [-0.1, -0.05) is 12.1 Å². The van der Waals surface area contributed by atoms with Crippen LogP contribution in [-0.2, 0) is 0 Å². The summed E-state index contributed by atoms with van der Waals surface area (Å²) in [6, 6.07) is 9.30. The zero-order valence-electron chi connectivity index (χ0n) is 9.98. The van der Waals surface area contributed by atoms with E-state index < -0.39 is 0 Å². The Balaban J connectivity index is 2.01. The van der Waals surface area contributed by atoms with Crippen LogP contribution >= 0.6 is 11.3 Å². The second-order valence-corrected chi connectivity index (χ2v) is 5.00. The second kappa shape index (κ2) is 5.43. The van der Waals surface area contributed by atoms with Crippen LogP contribution < -0.4 is 5.32 Å². The SMILES string of the molecule is CC(N[C@H](C)c1ccc(F)cc1)c1ccsc1. The second-order valence-electron chi connectivity index (χ2n) is 4.22. The van der Waals surface area contributed by atoms with Gasteiger partial charge in [-0.25, -0.2) is 4.39 Å². The maximum atomic E-state index is 12.8. The number of hydrogen-bond donors (Lipinski definition) is 1. The van der Waals surface area contributed by atoms with E-state index in [1.165, 1.54) is 17.7 Å². The largest absolute Gasteiger partial charge is 0.304 e. The van der Waals surface area contributed by atoms with Crippen LogP contribution in [0.1, 0.15) is 37.1 Å². The molecular weight excluding hydrogens is 233 g/mol. The van der Waals surface area contributed by atoms with Gasteiger partial charge in [-0.2, -0.15) is 11.3 Å². The molecule has 1 unspecified atom stereocenters. The average Bonchev–Trinajstić information content (AvgIpc) is 2.83. The van der Waals surface area contributed by atoms with Crippen molar-refractivity contribution in [3.63, 3.8) is 0 Å². The monoisotopic (exact) mass is 249 g/mol. The maximum Gasteiger partial charge on any atom is 0.123 e.